The van der Waals surface area contributed by atoms with Gasteiger partial charge in [-0.05, 0) is 19.4 Å². The minimum absolute atomic E-state index is 0.0463. The highest BCUT2D eigenvalue weighted by molar-refractivity contribution is 5.95. The number of primary amides is 1. The number of alkyl halides is 2. The van der Waals surface area contributed by atoms with E-state index in [-0.39, 0.29) is 11.1 Å². The van der Waals surface area contributed by atoms with Crippen LogP contribution in [0.2, 0.25) is 0 Å². The quantitative estimate of drug-likeness (QED) is 0.496. The number of carbonyl (C=O) groups is 1. The molecule has 1 aromatic rings. The third-order valence-electron chi connectivity index (χ3n) is 3.20. The van der Waals surface area contributed by atoms with E-state index in [9.17, 15) is 13.6 Å². The Balaban J connectivity index is 3.35. The molecule has 1 rings (SSSR count). The summed E-state index contributed by atoms with van der Waals surface area (Å²) in [5.74, 6) is -4.71. The summed E-state index contributed by atoms with van der Waals surface area (Å²) in [4.78, 5) is 11.4. The Morgan fingerprint density at radius 1 is 1.33 bits per heavy atom. The van der Waals surface area contributed by atoms with Crippen LogP contribution in [0.3, 0.4) is 0 Å². The average Bonchev–Trinajstić information content (AvgIpc) is 2.47. The fourth-order valence-electron chi connectivity index (χ4n) is 1.79. The first-order valence-electron chi connectivity index (χ1n) is 6.53. The first-order chi connectivity index (χ1) is 9.84. The van der Waals surface area contributed by atoms with Crippen LogP contribution in [0.25, 0.3) is 0 Å². The van der Waals surface area contributed by atoms with Crippen molar-refractivity contribution in [1.29, 1.82) is 0 Å². The van der Waals surface area contributed by atoms with Crippen LogP contribution >= 0.6 is 0 Å². The van der Waals surface area contributed by atoms with Gasteiger partial charge < -0.3 is 10.5 Å². The molecule has 0 bridgehead atoms. The van der Waals surface area contributed by atoms with Crippen molar-refractivity contribution in [3.63, 3.8) is 0 Å². The molecule has 0 fully saturated rings. The molecule has 21 heavy (non-hydrogen) atoms. The van der Waals surface area contributed by atoms with Crippen LogP contribution in [0, 0.1) is 0 Å². The van der Waals surface area contributed by atoms with Crippen molar-refractivity contribution >= 4 is 5.91 Å². The first-order valence-corrected chi connectivity index (χ1v) is 6.53. The summed E-state index contributed by atoms with van der Waals surface area (Å²) < 4.78 is 33.7. The van der Waals surface area contributed by atoms with Crippen molar-refractivity contribution < 1.29 is 18.3 Å². The van der Waals surface area contributed by atoms with Crippen LogP contribution in [-0.4, -0.2) is 13.0 Å². The van der Waals surface area contributed by atoms with E-state index >= 15 is 0 Å². The Hall–Kier alpha value is -2.17. The van der Waals surface area contributed by atoms with Gasteiger partial charge in [0.2, 0.25) is 5.91 Å². The molecule has 2 N–H and O–H groups in total. The van der Waals surface area contributed by atoms with Gasteiger partial charge >= 0.3 is 5.92 Å². The van der Waals surface area contributed by atoms with Gasteiger partial charge in [-0.1, -0.05) is 42.8 Å². The van der Waals surface area contributed by atoms with Crippen molar-refractivity contribution in [2.24, 2.45) is 5.73 Å². The van der Waals surface area contributed by atoms with E-state index in [1.807, 2.05) is 6.92 Å². The molecule has 5 heteroatoms. The van der Waals surface area contributed by atoms with E-state index in [0.717, 1.165) is 13.2 Å². The number of amides is 1. The maximum absolute atomic E-state index is 14.4. The third kappa shape index (κ3) is 3.90. The lowest BCUT2D eigenvalue weighted by Gasteiger charge is -2.19. The maximum atomic E-state index is 14.4. The molecule has 0 saturated heterocycles. The molecule has 0 atom stereocenters. The molecule has 0 unspecified atom stereocenters. The highest BCUT2D eigenvalue weighted by Crippen LogP contribution is 2.36. The van der Waals surface area contributed by atoms with Crippen molar-refractivity contribution in [2.45, 2.75) is 26.2 Å². The van der Waals surface area contributed by atoms with Gasteiger partial charge in [-0.25, -0.2) is 0 Å². The molecule has 1 aromatic carbocycles. The zero-order valence-electron chi connectivity index (χ0n) is 12.3. The number of hydrogen-bond acceptors (Lipinski definition) is 2. The average molecular weight is 295 g/mol. The number of ether oxygens (including phenoxy) is 1. The van der Waals surface area contributed by atoms with Gasteiger partial charge in [-0.15, -0.1) is 0 Å². The Morgan fingerprint density at radius 2 is 1.90 bits per heavy atom. The van der Waals surface area contributed by atoms with Gasteiger partial charge in [-0.3, -0.25) is 4.79 Å². The molecule has 0 radical (unpaired) electrons. The lowest BCUT2D eigenvalue weighted by molar-refractivity contribution is -0.114. The van der Waals surface area contributed by atoms with E-state index < -0.39 is 17.6 Å². The van der Waals surface area contributed by atoms with Crippen molar-refractivity contribution in [3.05, 3.63) is 58.9 Å². The number of benzene rings is 1. The standard InChI is InChI=1S/C16H19F2NO2/c1-4-11(2)13(15(19)20)10-14(21-3)16(17,18)12-8-6-5-7-9-12/h5-10H,4H2,1-3H3,(H2,19,20)/b13-11-,14-10-. The number of rotatable bonds is 6. The summed E-state index contributed by atoms with van der Waals surface area (Å²) in [6.45, 7) is 3.48. The summed E-state index contributed by atoms with van der Waals surface area (Å²) in [5, 5.41) is 0. The number of allylic oxidation sites excluding steroid dienone is 2. The van der Waals surface area contributed by atoms with E-state index in [2.05, 4.69) is 0 Å². The second-order valence-corrected chi connectivity index (χ2v) is 4.56. The maximum Gasteiger partial charge on any atom is 0.329 e. The third-order valence-corrected chi connectivity index (χ3v) is 3.20. The highest BCUT2D eigenvalue weighted by Gasteiger charge is 2.38. The summed E-state index contributed by atoms with van der Waals surface area (Å²) in [6, 6.07) is 7.27. The topological polar surface area (TPSA) is 52.3 Å². The molecule has 0 aliphatic carbocycles. The van der Waals surface area contributed by atoms with Crippen LogP contribution in [0.4, 0.5) is 8.78 Å². The van der Waals surface area contributed by atoms with Gasteiger partial charge in [-0.2, -0.15) is 8.78 Å². The number of halogens is 2. The van der Waals surface area contributed by atoms with Crippen molar-refractivity contribution in [2.75, 3.05) is 7.11 Å². The summed E-state index contributed by atoms with van der Waals surface area (Å²) >= 11 is 0. The van der Waals surface area contributed by atoms with Gasteiger partial charge in [0.25, 0.3) is 0 Å². The van der Waals surface area contributed by atoms with Crippen molar-refractivity contribution in [3.8, 4) is 0 Å². The predicted molar refractivity (Wildman–Crippen MR) is 77.6 cm³/mol. The molecule has 0 aromatic heterocycles. The Kier molecular flexibility index (Phi) is 5.64. The van der Waals surface area contributed by atoms with Crippen LogP contribution < -0.4 is 5.73 Å². The Morgan fingerprint density at radius 3 is 2.33 bits per heavy atom. The van der Waals surface area contributed by atoms with Gasteiger partial charge in [0.1, 0.15) is 0 Å². The SMILES string of the molecule is CC/C(C)=C(/C=C(\OC)C(F)(F)c1ccccc1)C(N)=O. The monoisotopic (exact) mass is 295 g/mol. The van der Waals surface area contributed by atoms with E-state index in [1.54, 1.807) is 13.0 Å². The molecule has 0 aliphatic rings. The largest absolute Gasteiger partial charge is 0.494 e. The fraction of sp³-hybridized carbons (Fsp3) is 0.312. The summed E-state index contributed by atoms with van der Waals surface area (Å²) in [7, 11) is 1.14. The predicted octanol–water partition coefficient (Wildman–Crippen LogP) is 3.52. The summed E-state index contributed by atoms with van der Waals surface area (Å²) in [5.41, 5.74) is 5.72. The Bertz CT molecular complexity index is 563. The lowest BCUT2D eigenvalue weighted by atomic mass is 10.0. The lowest BCUT2D eigenvalue weighted by Crippen LogP contribution is -2.21. The number of nitrogens with two attached hydrogens (primary N) is 1. The minimum atomic E-state index is -3.34. The van der Waals surface area contributed by atoms with E-state index in [1.165, 1.54) is 24.3 Å². The normalized spacial score (nSPS) is 13.7. The van der Waals surface area contributed by atoms with Crippen LogP contribution in [0.1, 0.15) is 25.8 Å². The number of hydrogen-bond donors (Lipinski definition) is 1. The zero-order chi connectivity index (χ0) is 16.0. The van der Waals surface area contributed by atoms with Crippen LogP contribution in [0.15, 0.2) is 53.3 Å². The smallest absolute Gasteiger partial charge is 0.329 e. The molecule has 0 aliphatic heterocycles. The number of methoxy groups -OCH3 is 1. The van der Waals surface area contributed by atoms with E-state index in [4.69, 9.17) is 10.5 Å². The number of carbonyl (C=O) groups excluding carboxylic acids is 1. The molecule has 0 saturated carbocycles. The minimum Gasteiger partial charge on any atom is -0.494 e. The second-order valence-electron chi connectivity index (χ2n) is 4.56. The summed E-state index contributed by atoms with van der Waals surface area (Å²) in [6.07, 6.45) is 1.55. The van der Waals surface area contributed by atoms with Crippen LogP contribution in [0.5, 0.6) is 0 Å². The zero-order valence-corrected chi connectivity index (χ0v) is 12.3. The fourth-order valence-corrected chi connectivity index (χ4v) is 1.79. The molecule has 1 amide bonds. The van der Waals surface area contributed by atoms with Gasteiger partial charge in [0, 0.05) is 11.1 Å². The van der Waals surface area contributed by atoms with Crippen molar-refractivity contribution in [1.82, 2.24) is 0 Å². The Labute approximate surface area is 123 Å². The highest BCUT2D eigenvalue weighted by atomic mass is 19.3. The van der Waals surface area contributed by atoms with E-state index in [0.29, 0.717) is 12.0 Å². The molecule has 0 heterocycles. The molecule has 3 nitrogen and oxygen atoms in total. The molecular weight excluding hydrogens is 276 g/mol. The first kappa shape index (κ1) is 16.9. The van der Waals surface area contributed by atoms with Gasteiger partial charge in [0.15, 0.2) is 5.76 Å². The molecule has 0 spiro atoms. The van der Waals surface area contributed by atoms with Gasteiger partial charge in [0.05, 0.1) is 7.11 Å². The molecule has 114 valence electrons. The molecular formula is C16H19F2NO2. The second kappa shape index (κ2) is 7.02. The van der Waals surface area contributed by atoms with Crippen LogP contribution in [-0.2, 0) is 15.5 Å².